The SMILES string of the molecule is CCCNCCNS(=O)(=O)N(C)CC.Cl. The van der Waals surface area contributed by atoms with Gasteiger partial charge >= 0.3 is 0 Å². The summed E-state index contributed by atoms with van der Waals surface area (Å²) >= 11 is 0. The second-order valence-corrected chi connectivity index (χ2v) is 4.93. The Morgan fingerprint density at radius 2 is 1.73 bits per heavy atom. The molecule has 0 amide bonds. The average molecular weight is 260 g/mol. The van der Waals surface area contributed by atoms with Crippen LogP contribution in [-0.2, 0) is 10.2 Å². The van der Waals surface area contributed by atoms with Crippen molar-refractivity contribution in [1.82, 2.24) is 14.3 Å². The fourth-order valence-electron chi connectivity index (χ4n) is 0.850. The van der Waals surface area contributed by atoms with Crippen molar-refractivity contribution in [1.29, 1.82) is 0 Å². The first kappa shape index (κ1) is 17.5. The summed E-state index contributed by atoms with van der Waals surface area (Å²) in [6.45, 7) is 6.39. The Bertz CT molecular complexity index is 234. The van der Waals surface area contributed by atoms with E-state index in [1.54, 1.807) is 14.0 Å². The monoisotopic (exact) mass is 259 g/mol. The van der Waals surface area contributed by atoms with Crippen LogP contribution in [0.25, 0.3) is 0 Å². The molecule has 0 saturated heterocycles. The summed E-state index contributed by atoms with van der Waals surface area (Å²) in [5, 5.41) is 3.12. The molecule has 0 heterocycles. The van der Waals surface area contributed by atoms with E-state index < -0.39 is 10.2 Å². The lowest BCUT2D eigenvalue weighted by Crippen LogP contribution is -2.41. The summed E-state index contributed by atoms with van der Waals surface area (Å²) in [4.78, 5) is 0. The van der Waals surface area contributed by atoms with Gasteiger partial charge in [0.2, 0.25) is 0 Å². The van der Waals surface area contributed by atoms with Gasteiger partial charge < -0.3 is 5.32 Å². The molecule has 0 saturated carbocycles. The van der Waals surface area contributed by atoms with Crippen LogP contribution in [0.2, 0.25) is 0 Å². The molecule has 7 heteroatoms. The van der Waals surface area contributed by atoms with Crippen molar-refractivity contribution in [2.24, 2.45) is 0 Å². The van der Waals surface area contributed by atoms with Crippen molar-refractivity contribution in [3.8, 4) is 0 Å². The quantitative estimate of drug-likeness (QED) is 0.612. The van der Waals surface area contributed by atoms with Gasteiger partial charge in [0.05, 0.1) is 0 Å². The topological polar surface area (TPSA) is 61.4 Å². The van der Waals surface area contributed by atoms with Crippen LogP contribution in [0.3, 0.4) is 0 Å². The number of nitrogens with one attached hydrogen (secondary N) is 2. The van der Waals surface area contributed by atoms with Gasteiger partial charge in [-0.1, -0.05) is 13.8 Å². The Morgan fingerprint density at radius 3 is 2.20 bits per heavy atom. The van der Waals surface area contributed by atoms with Crippen molar-refractivity contribution >= 4 is 22.6 Å². The van der Waals surface area contributed by atoms with Crippen LogP contribution in [-0.4, -0.2) is 45.9 Å². The van der Waals surface area contributed by atoms with E-state index in [9.17, 15) is 8.42 Å². The maximum Gasteiger partial charge on any atom is 0.279 e. The van der Waals surface area contributed by atoms with Crippen LogP contribution in [0.1, 0.15) is 20.3 Å². The maximum absolute atomic E-state index is 11.4. The third-order valence-electron chi connectivity index (χ3n) is 1.87. The summed E-state index contributed by atoms with van der Waals surface area (Å²) in [5.41, 5.74) is 0. The molecular formula is C8H22ClN3O2S. The summed E-state index contributed by atoms with van der Waals surface area (Å²) in [5.74, 6) is 0. The molecule has 0 fully saturated rings. The highest BCUT2D eigenvalue weighted by atomic mass is 35.5. The predicted octanol–water partition coefficient (Wildman–Crippen LogP) is 0.194. The Labute approximate surface area is 99.2 Å². The zero-order valence-electron chi connectivity index (χ0n) is 9.62. The lowest BCUT2D eigenvalue weighted by molar-refractivity contribution is 0.472. The third-order valence-corrected chi connectivity index (χ3v) is 3.52. The van der Waals surface area contributed by atoms with Gasteiger partial charge in [-0.2, -0.15) is 12.7 Å². The van der Waals surface area contributed by atoms with Crippen LogP contribution in [0.15, 0.2) is 0 Å². The van der Waals surface area contributed by atoms with Gasteiger partial charge in [-0.05, 0) is 13.0 Å². The molecule has 0 radical (unpaired) electrons. The first-order valence-electron chi connectivity index (χ1n) is 4.96. The van der Waals surface area contributed by atoms with Gasteiger partial charge in [0, 0.05) is 26.7 Å². The first-order chi connectivity index (χ1) is 6.54. The number of rotatable bonds is 8. The van der Waals surface area contributed by atoms with Crippen molar-refractivity contribution in [2.75, 3.05) is 33.2 Å². The van der Waals surface area contributed by atoms with Gasteiger partial charge in [0.25, 0.3) is 10.2 Å². The van der Waals surface area contributed by atoms with Crippen LogP contribution in [0.4, 0.5) is 0 Å². The molecule has 0 atom stereocenters. The largest absolute Gasteiger partial charge is 0.315 e. The van der Waals surface area contributed by atoms with E-state index in [0.29, 0.717) is 19.6 Å². The molecule has 0 aromatic carbocycles. The molecule has 2 N–H and O–H groups in total. The molecule has 15 heavy (non-hydrogen) atoms. The highest BCUT2D eigenvalue weighted by molar-refractivity contribution is 7.87. The lowest BCUT2D eigenvalue weighted by atomic mass is 10.5. The highest BCUT2D eigenvalue weighted by Gasteiger charge is 2.13. The molecule has 5 nitrogen and oxygen atoms in total. The number of hydrogen-bond acceptors (Lipinski definition) is 3. The minimum atomic E-state index is -3.25. The molecule has 0 aliphatic rings. The smallest absolute Gasteiger partial charge is 0.279 e. The lowest BCUT2D eigenvalue weighted by Gasteiger charge is -2.15. The molecule has 0 spiro atoms. The van der Waals surface area contributed by atoms with E-state index in [2.05, 4.69) is 17.0 Å². The fourth-order valence-corrected chi connectivity index (χ4v) is 1.77. The number of halogens is 1. The molecule has 0 unspecified atom stereocenters. The number of nitrogens with zero attached hydrogens (tertiary/aromatic N) is 1. The fraction of sp³-hybridized carbons (Fsp3) is 1.00. The molecule has 0 rings (SSSR count). The van der Waals surface area contributed by atoms with Crippen LogP contribution in [0, 0.1) is 0 Å². The zero-order valence-corrected chi connectivity index (χ0v) is 11.2. The van der Waals surface area contributed by atoms with Gasteiger partial charge in [0.15, 0.2) is 0 Å². The first-order valence-corrected chi connectivity index (χ1v) is 6.40. The van der Waals surface area contributed by atoms with E-state index in [1.807, 2.05) is 0 Å². The van der Waals surface area contributed by atoms with E-state index in [0.717, 1.165) is 13.0 Å². The Kier molecular flexibility index (Phi) is 10.9. The normalized spacial score (nSPS) is 11.5. The molecule has 0 aromatic heterocycles. The molecule has 0 bridgehead atoms. The molecule has 0 aliphatic heterocycles. The summed E-state index contributed by atoms with van der Waals surface area (Å²) in [6, 6.07) is 0. The molecule has 94 valence electrons. The Hall–Kier alpha value is 0.120. The van der Waals surface area contributed by atoms with E-state index in [1.165, 1.54) is 4.31 Å². The minimum Gasteiger partial charge on any atom is -0.315 e. The van der Waals surface area contributed by atoms with Crippen molar-refractivity contribution in [3.05, 3.63) is 0 Å². The van der Waals surface area contributed by atoms with Crippen molar-refractivity contribution in [2.45, 2.75) is 20.3 Å². The average Bonchev–Trinajstić information content (AvgIpc) is 2.16. The zero-order chi connectivity index (χ0) is 11.0. The Balaban J connectivity index is 0. The summed E-state index contributed by atoms with van der Waals surface area (Å²) < 4.78 is 26.6. The number of hydrogen-bond donors (Lipinski definition) is 2. The van der Waals surface area contributed by atoms with Crippen LogP contribution in [0.5, 0.6) is 0 Å². The van der Waals surface area contributed by atoms with Gasteiger partial charge in [-0.25, -0.2) is 4.72 Å². The second-order valence-electron chi connectivity index (χ2n) is 3.06. The van der Waals surface area contributed by atoms with Gasteiger partial charge in [-0.3, -0.25) is 0 Å². The van der Waals surface area contributed by atoms with E-state index >= 15 is 0 Å². The van der Waals surface area contributed by atoms with Crippen molar-refractivity contribution < 1.29 is 8.42 Å². The molecule has 0 aromatic rings. The highest BCUT2D eigenvalue weighted by Crippen LogP contribution is 1.90. The van der Waals surface area contributed by atoms with Gasteiger partial charge in [-0.15, -0.1) is 12.4 Å². The second kappa shape index (κ2) is 9.35. The third kappa shape index (κ3) is 7.98. The standard InChI is InChI=1S/C8H21N3O2S.ClH/c1-4-6-9-7-8-10-14(12,13)11(3)5-2;/h9-10H,4-8H2,1-3H3;1H. The van der Waals surface area contributed by atoms with Crippen molar-refractivity contribution in [3.63, 3.8) is 0 Å². The molecular weight excluding hydrogens is 238 g/mol. The maximum atomic E-state index is 11.4. The van der Waals surface area contributed by atoms with E-state index in [4.69, 9.17) is 0 Å². The van der Waals surface area contributed by atoms with Crippen LogP contribution < -0.4 is 10.0 Å². The van der Waals surface area contributed by atoms with Crippen LogP contribution >= 0.6 is 12.4 Å². The predicted molar refractivity (Wildman–Crippen MR) is 65.6 cm³/mol. The minimum absolute atomic E-state index is 0. The summed E-state index contributed by atoms with van der Waals surface area (Å²) in [7, 11) is -1.70. The summed E-state index contributed by atoms with van der Waals surface area (Å²) in [6.07, 6.45) is 1.06. The van der Waals surface area contributed by atoms with Gasteiger partial charge in [0.1, 0.15) is 0 Å². The molecule has 0 aliphatic carbocycles. The van der Waals surface area contributed by atoms with E-state index in [-0.39, 0.29) is 12.4 Å². The Morgan fingerprint density at radius 1 is 1.13 bits per heavy atom.